The van der Waals surface area contributed by atoms with Crippen LogP contribution in [-0.4, -0.2) is 37.8 Å². The highest BCUT2D eigenvalue weighted by molar-refractivity contribution is 5.67. The van der Waals surface area contributed by atoms with Gasteiger partial charge in [-0.2, -0.15) is 4.98 Å². The highest BCUT2D eigenvalue weighted by atomic mass is 16.5. The Kier molecular flexibility index (Phi) is 4.16. The maximum Gasteiger partial charge on any atom is 0.303 e. The van der Waals surface area contributed by atoms with Crippen molar-refractivity contribution in [3.05, 3.63) is 41.2 Å². The molecule has 0 amide bonds. The van der Waals surface area contributed by atoms with Crippen molar-refractivity contribution in [1.29, 1.82) is 0 Å². The summed E-state index contributed by atoms with van der Waals surface area (Å²) in [7, 11) is 1.61. The van der Waals surface area contributed by atoms with E-state index in [1.54, 1.807) is 11.6 Å². The van der Waals surface area contributed by atoms with Crippen LogP contribution in [0.2, 0.25) is 0 Å². The zero-order chi connectivity index (χ0) is 17.3. The van der Waals surface area contributed by atoms with Crippen molar-refractivity contribution in [1.82, 2.24) is 19.6 Å². The molecule has 0 spiro atoms. The first-order valence-corrected chi connectivity index (χ1v) is 7.58. The second-order valence-corrected chi connectivity index (χ2v) is 5.53. The summed E-state index contributed by atoms with van der Waals surface area (Å²) in [4.78, 5) is 19.8. The van der Waals surface area contributed by atoms with E-state index in [0.717, 1.165) is 28.3 Å². The number of nitrogens with zero attached hydrogens (tertiary/aromatic N) is 4. The normalized spacial score (nSPS) is 11.0. The summed E-state index contributed by atoms with van der Waals surface area (Å²) in [6, 6.07) is 7.51. The fourth-order valence-electron chi connectivity index (χ4n) is 2.69. The van der Waals surface area contributed by atoms with Gasteiger partial charge < -0.3 is 9.84 Å². The third-order valence-electron chi connectivity index (χ3n) is 3.97. The standard InChI is InChI=1S/C17H18N4O3/c1-10-14(7-8-15(22)23)11(2)21-17(18-10)19-16(20-21)12-5-4-6-13(9-12)24-3/h4-6,9H,7-8H2,1-3H3,(H,22,23). The maximum atomic E-state index is 10.8. The minimum atomic E-state index is -0.829. The molecule has 24 heavy (non-hydrogen) atoms. The Morgan fingerprint density at radius 2 is 2.08 bits per heavy atom. The van der Waals surface area contributed by atoms with Gasteiger partial charge in [-0.05, 0) is 38.0 Å². The monoisotopic (exact) mass is 326 g/mol. The van der Waals surface area contributed by atoms with E-state index in [-0.39, 0.29) is 6.42 Å². The van der Waals surface area contributed by atoms with E-state index in [2.05, 4.69) is 15.1 Å². The summed E-state index contributed by atoms with van der Waals surface area (Å²) in [5.74, 6) is 0.958. The molecule has 0 aliphatic heterocycles. The Morgan fingerprint density at radius 1 is 1.29 bits per heavy atom. The average Bonchev–Trinajstić information content (AvgIpc) is 2.98. The predicted molar refractivity (Wildman–Crippen MR) is 88.2 cm³/mol. The number of aromatic nitrogens is 4. The number of fused-ring (bicyclic) bond motifs is 1. The third kappa shape index (κ3) is 2.92. The summed E-state index contributed by atoms with van der Waals surface area (Å²) in [6.45, 7) is 3.77. The number of carboxylic acid groups (broad SMARTS) is 1. The first-order chi connectivity index (χ1) is 11.5. The first kappa shape index (κ1) is 15.9. The van der Waals surface area contributed by atoms with Gasteiger partial charge in [-0.15, -0.1) is 5.10 Å². The van der Waals surface area contributed by atoms with Crippen molar-refractivity contribution < 1.29 is 14.6 Å². The molecule has 3 rings (SSSR count). The Bertz CT molecular complexity index is 918. The summed E-state index contributed by atoms with van der Waals surface area (Å²) in [5.41, 5.74) is 3.38. The summed E-state index contributed by atoms with van der Waals surface area (Å²) in [5, 5.41) is 13.4. The zero-order valence-corrected chi connectivity index (χ0v) is 13.8. The van der Waals surface area contributed by atoms with Crippen LogP contribution in [0.15, 0.2) is 24.3 Å². The number of hydrogen-bond donors (Lipinski definition) is 1. The van der Waals surface area contributed by atoms with Gasteiger partial charge in [0, 0.05) is 23.4 Å². The fraction of sp³-hybridized carbons (Fsp3) is 0.294. The minimum Gasteiger partial charge on any atom is -0.497 e. The lowest BCUT2D eigenvalue weighted by Gasteiger charge is -2.08. The number of ether oxygens (including phenoxy) is 1. The largest absolute Gasteiger partial charge is 0.497 e. The molecule has 3 aromatic rings. The molecule has 0 aliphatic carbocycles. The lowest BCUT2D eigenvalue weighted by Crippen LogP contribution is -2.08. The Balaban J connectivity index is 2.07. The number of hydrogen-bond acceptors (Lipinski definition) is 5. The Labute approximate surface area is 138 Å². The molecule has 1 aromatic carbocycles. The van der Waals surface area contributed by atoms with E-state index >= 15 is 0 Å². The lowest BCUT2D eigenvalue weighted by atomic mass is 10.1. The van der Waals surface area contributed by atoms with E-state index in [9.17, 15) is 4.79 Å². The number of aliphatic carboxylic acids is 1. The van der Waals surface area contributed by atoms with Crippen LogP contribution in [0.4, 0.5) is 0 Å². The van der Waals surface area contributed by atoms with Crippen molar-refractivity contribution in [3.63, 3.8) is 0 Å². The molecule has 1 N–H and O–H groups in total. The van der Waals surface area contributed by atoms with Gasteiger partial charge in [-0.1, -0.05) is 12.1 Å². The molecule has 124 valence electrons. The van der Waals surface area contributed by atoms with Gasteiger partial charge in [0.2, 0.25) is 0 Å². The molecule has 0 atom stereocenters. The number of rotatable bonds is 5. The first-order valence-electron chi connectivity index (χ1n) is 7.58. The van der Waals surface area contributed by atoms with Gasteiger partial charge in [0.05, 0.1) is 7.11 Å². The number of aryl methyl sites for hydroxylation is 2. The van der Waals surface area contributed by atoms with Gasteiger partial charge in [0.25, 0.3) is 5.78 Å². The van der Waals surface area contributed by atoms with E-state index < -0.39 is 5.97 Å². The van der Waals surface area contributed by atoms with Crippen LogP contribution in [0.3, 0.4) is 0 Å². The van der Waals surface area contributed by atoms with Crippen molar-refractivity contribution >= 4 is 11.7 Å². The van der Waals surface area contributed by atoms with Crippen molar-refractivity contribution in [2.24, 2.45) is 0 Å². The molecule has 0 fully saturated rings. The molecule has 0 saturated carbocycles. The SMILES string of the molecule is COc1cccc(-c2nc3nc(C)c(CCC(=O)O)c(C)n3n2)c1. The summed E-state index contributed by atoms with van der Waals surface area (Å²) >= 11 is 0. The molecular weight excluding hydrogens is 308 g/mol. The second-order valence-electron chi connectivity index (χ2n) is 5.53. The Morgan fingerprint density at radius 3 is 2.79 bits per heavy atom. The smallest absolute Gasteiger partial charge is 0.303 e. The van der Waals surface area contributed by atoms with Crippen LogP contribution in [0.1, 0.15) is 23.4 Å². The molecule has 0 unspecified atom stereocenters. The number of carboxylic acids is 1. The summed E-state index contributed by atoms with van der Waals surface area (Å²) < 4.78 is 6.90. The molecule has 0 aliphatic rings. The molecule has 2 aromatic heterocycles. The molecule has 0 bridgehead atoms. The van der Waals surface area contributed by atoms with Crippen molar-refractivity contribution in [3.8, 4) is 17.1 Å². The van der Waals surface area contributed by atoms with Crippen LogP contribution in [0, 0.1) is 13.8 Å². The molecule has 2 heterocycles. The highest BCUT2D eigenvalue weighted by Crippen LogP contribution is 2.23. The van der Waals surface area contributed by atoms with Crippen LogP contribution in [0.25, 0.3) is 17.2 Å². The third-order valence-corrected chi connectivity index (χ3v) is 3.97. The fourth-order valence-corrected chi connectivity index (χ4v) is 2.69. The topological polar surface area (TPSA) is 89.6 Å². The van der Waals surface area contributed by atoms with Crippen LogP contribution in [0.5, 0.6) is 5.75 Å². The van der Waals surface area contributed by atoms with E-state index in [1.807, 2.05) is 38.1 Å². The molecule has 7 heteroatoms. The molecule has 7 nitrogen and oxygen atoms in total. The van der Waals surface area contributed by atoms with Gasteiger partial charge in [0.1, 0.15) is 5.75 Å². The molecular formula is C17H18N4O3. The maximum absolute atomic E-state index is 10.8. The van der Waals surface area contributed by atoms with E-state index in [0.29, 0.717) is 18.0 Å². The second kappa shape index (κ2) is 6.27. The number of carbonyl (C=O) groups is 1. The van der Waals surface area contributed by atoms with Crippen molar-refractivity contribution in [2.75, 3.05) is 7.11 Å². The van der Waals surface area contributed by atoms with E-state index in [4.69, 9.17) is 9.84 Å². The van der Waals surface area contributed by atoms with Gasteiger partial charge in [-0.25, -0.2) is 9.50 Å². The summed E-state index contributed by atoms with van der Waals surface area (Å²) in [6.07, 6.45) is 0.483. The van der Waals surface area contributed by atoms with Crippen LogP contribution in [-0.2, 0) is 11.2 Å². The number of benzene rings is 1. The highest BCUT2D eigenvalue weighted by Gasteiger charge is 2.15. The zero-order valence-electron chi connectivity index (χ0n) is 13.8. The number of methoxy groups -OCH3 is 1. The van der Waals surface area contributed by atoms with Crippen molar-refractivity contribution in [2.45, 2.75) is 26.7 Å². The van der Waals surface area contributed by atoms with Crippen LogP contribution >= 0.6 is 0 Å². The van der Waals surface area contributed by atoms with Crippen LogP contribution < -0.4 is 4.74 Å². The average molecular weight is 326 g/mol. The quantitative estimate of drug-likeness (QED) is 0.774. The van der Waals surface area contributed by atoms with Gasteiger partial charge in [0.15, 0.2) is 5.82 Å². The Hall–Kier alpha value is -2.96. The molecule has 0 saturated heterocycles. The molecule has 0 radical (unpaired) electrons. The predicted octanol–water partition coefficient (Wildman–Crippen LogP) is 2.43. The van der Waals surface area contributed by atoms with Gasteiger partial charge >= 0.3 is 5.97 Å². The van der Waals surface area contributed by atoms with E-state index in [1.165, 1.54) is 0 Å². The minimum absolute atomic E-state index is 0.0618. The van der Waals surface area contributed by atoms with Gasteiger partial charge in [-0.3, -0.25) is 4.79 Å². The lowest BCUT2D eigenvalue weighted by molar-refractivity contribution is -0.136.